The average Bonchev–Trinajstić information content (AvgIpc) is 3.03. The Balaban J connectivity index is 1.84. The number of anilines is 3. The van der Waals surface area contributed by atoms with E-state index in [1.54, 1.807) is 0 Å². The molecule has 2 fully saturated rings. The molecular weight excluding hydrogens is 411 g/mol. The molecule has 2 N–H and O–H groups in total. The third-order valence-electron chi connectivity index (χ3n) is 5.60. The van der Waals surface area contributed by atoms with Crippen LogP contribution >= 0.6 is 0 Å². The van der Waals surface area contributed by atoms with Gasteiger partial charge in [-0.05, 0) is 25.8 Å². The average molecular weight is 437 g/mol. The second-order valence-electron chi connectivity index (χ2n) is 7.93. The number of nitrogens with zero attached hydrogens (tertiary/aromatic N) is 6. The van der Waals surface area contributed by atoms with Crippen LogP contribution in [0.25, 0.3) is 11.4 Å². The van der Waals surface area contributed by atoms with E-state index in [-0.39, 0.29) is 23.2 Å². The summed E-state index contributed by atoms with van der Waals surface area (Å²) in [5, 5.41) is 0. The van der Waals surface area contributed by atoms with Gasteiger partial charge in [-0.1, -0.05) is 12.8 Å². The van der Waals surface area contributed by atoms with Crippen LogP contribution in [-0.2, 0) is 10.9 Å². The van der Waals surface area contributed by atoms with E-state index >= 15 is 0 Å². The van der Waals surface area contributed by atoms with Crippen molar-refractivity contribution >= 4 is 17.7 Å². The Kier molecular flexibility index (Phi) is 6.12. The number of hydrogen-bond donors (Lipinski definition) is 1. The minimum Gasteiger partial charge on any atom is -0.384 e. The zero-order chi connectivity index (χ0) is 22.0. The summed E-state index contributed by atoms with van der Waals surface area (Å²) in [5.41, 5.74) is 4.42. The van der Waals surface area contributed by atoms with Gasteiger partial charge in [0.15, 0.2) is 5.82 Å². The van der Waals surface area contributed by atoms with Gasteiger partial charge >= 0.3 is 6.18 Å². The molecule has 0 saturated carbocycles. The van der Waals surface area contributed by atoms with Gasteiger partial charge in [-0.2, -0.15) is 28.1 Å². The molecule has 8 nitrogen and oxygen atoms in total. The van der Waals surface area contributed by atoms with Crippen molar-refractivity contribution in [1.82, 2.24) is 19.9 Å². The lowest BCUT2D eigenvalue weighted by molar-refractivity contribution is -0.137. The molecule has 4 rings (SSSR count). The Bertz CT molecular complexity index is 916. The molecule has 2 saturated heterocycles. The topological polar surface area (TPSA) is 93.3 Å². The molecule has 0 amide bonds. The fourth-order valence-electron chi connectivity index (χ4n) is 3.92. The highest BCUT2D eigenvalue weighted by molar-refractivity contribution is 5.64. The Hall–Kier alpha value is -2.69. The molecule has 0 aromatic carbocycles. The molecule has 31 heavy (non-hydrogen) atoms. The smallest absolute Gasteiger partial charge is 0.384 e. The van der Waals surface area contributed by atoms with Crippen molar-refractivity contribution in [2.45, 2.75) is 44.8 Å². The molecule has 0 bridgehead atoms. The highest BCUT2D eigenvalue weighted by atomic mass is 19.4. The Morgan fingerprint density at radius 2 is 1.74 bits per heavy atom. The van der Waals surface area contributed by atoms with E-state index in [1.807, 2.05) is 16.7 Å². The Morgan fingerprint density at radius 3 is 2.42 bits per heavy atom. The zero-order valence-electron chi connectivity index (χ0n) is 17.4. The molecule has 2 aromatic heterocycles. The highest BCUT2D eigenvalue weighted by Crippen LogP contribution is 2.37. The lowest BCUT2D eigenvalue weighted by Crippen LogP contribution is -2.45. The van der Waals surface area contributed by atoms with Crippen LogP contribution < -0.4 is 15.5 Å². The van der Waals surface area contributed by atoms with E-state index in [0.29, 0.717) is 31.7 Å². The Labute approximate surface area is 178 Å². The summed E-state index contributed by atoms with van der Waals surface area (Å²) in [4.78, 5) is 21.4. The van der Waals surface area contributed by atoms with Gasteiger partial charge in [-0.3, -0.25) is 0 Å². The molecular formula is C20H26F3N7O. The number of nitrogens with two attached hydrogens (primary N) is 1. The number of ether oxygens (including phenoxy) is 1. The molecule has 0 radical (unpaired) electrons. The number of nitrogen functional groups attached to an aromatic ring is 1. The summed E-state index contributed by atoms with van der Waals surface area (Å²) in [6, 6.07) is 0.814. The molecule has 1 atom stereocenters. The van der Waals surface area contributed by atoms with Gasteiger partial charge in [0, 0.05) is 25.8 Å². The SMILES string of the molecule is C[C@@H]1COCCN1c1nc(-c2cnc(N)cc2C(F)(F)F)nc(N2CCCCCC2)n1. The van der Waals surface area contributed by atoms with E-state index < -0.39 is 11.7 Å². The first kappa shape index (κ1) is 21.5. The maximum Gasteiger partial charge on any atom is 0.417 e. The monoisotopic (exact) mass is 437 g/mol. The van der Waals surface area contributed by atoms with E-state index in [9.17, 15) is 13.2 Å². The number of halogens is 3. The lowest BCUT2D eigenvalue weighted by atomic mass is 10.1. The summed E-state index contributed by atoms with van der Waals surface area (Å²) < 4.78 is 46.7. The van der Waals surface area contributed by atoms with Crippen molar-refractivity contribution in [3.8, 4) is 11.4 Å². The standard InChI is InChI=1S/C20H26F3N7O/c1-13-12-31-9-8-30(13)19-27-17(14-11-25-16(24)10-15(14)20(21,22)23)26-18(28-19)29-6-4-2-3-5-7-29/h10-11,13H,2-9,12H2,1H3,(H2,24,25)/t13-/m1/s1. The fourth-order valence-corrected chi connectivity index (χ4v) is 3.92. The number of pyridine rings is 1. The third kappa shape index (κ3) is 4.81. The van der Waals surface area contributed by atoms with Crippen LogP contribution in [0.1, 0.15) is 38.2 Å². The van der Waals surface area contributed by atoms with Gasteiger partial charge in [0.25, 0.3) is 0 Å². The van der Waals surface area contributed by atoms with Gasteiger partial charge in [-0.15, -0.1) is 0 Å². The summed E-state index contributed by atoms with van der Waals surface area (Å²) in [6.45, 7) is 5.04. The number of alkyl halides is 3. The fraction of sp³-hybridized carbons (Fsp3) is 0.600. The van der Waals surface area contributed by atoms with Crippen LogP contribution in [0.5, 0.6) is 0 Å². The number of hydrogen-bond acceptors (Lipinski definition) is 8. The molecule has 2 aliphatic rings. The Morgan fingerprint density at radius 1 is 1.03 bits per heavy atom. The first-order valence-electron chi connectivity index (χ1n) is 10.5. The van der Waals surface area contributed by atoms with Crippen LogP contribution in [0.15, 0.2) is 12.3 Å². The largest absolute Gasteiger partial charge is 0.417 e. The molecule has 0 spiro atoms. The summed E-state index contributed by atoms with van der Waals surface area (Å²) in [7, 11) is 0. The van der Waals surface area contributed by atoms with Crippen molar-refractivity contribution in [2.75, 3.05) is 48.4 Å². The number of morpholine rings is 1. The van der Waals surface area contributed by atoms with Gasteiger partial charge in [0.2, 0.25) is 11.9 Å². The quantitative estimate of drug-likeness (QED) is 0.783. The van der Waals surface area contributed by atoms with Crippen molar-refractivity contribution < 1.29 is 17.9 Å². The number of aromatic nitrogens is 4. The first-order chi connectivity index (χ1) is 14.8. The van der Waals surface area contributed by atoms with Crippen molar-refractivity contribution in [3.05, 3.63) is 17.8 Å². The summed E-state index contributed by atoms with van der Waals surface area (Å²) in [6.07, 6.45) is 0.674. The van der Waals surface area contributed by atoms with Crippen LogP contribution in [0.4, 0.5) is 30.9 Å². The molecule has 0 unspecified atom stereocenters. The van der Waals surface area contributed by atoms with E-state index in [2.05, 4.69) is 19.9 Å². The van der Waals surface area contributed by atoms with Gasteiger partial charge < -0.3 is 20.3 Å². The van der Waals surface area contributed by atoms with Crippen molar-refractivity contribution in [1.29, 1.82) is 0 Å². The normalized spacial score (nSPS) is 20.6. The second-order valence-corrected chi connectivity index (χ2v) is 7.93. The third-order valence-corrected chi connectivity index (χ3v) is 5.60. The van der Waals surface area contributed by atoms with Crippen molar-refractivity contribution in [3.63, 3.8) is 0 Å². The van der Waals surface area contributed by atoms with Crippen LogP contribution in [0, 0.1) is 0 Å². The second kappa shape index (κ2) is 8.81. The lowest BCUT2D eigenvalue weighted by Gasteiger charge is -2.34. The van der Waals surface area contributed by atoms with Crippen LogP contribution in [0.2, 0.25) is 0 Å². The van der Waals surface area contributed by atoms with E-state index in [0.717, 1.165) is 51.0 Å². The minimum absolute atomic E-state index is 0.00684. The van der Waals surface area contributed by atoms with Crippen LogP contribution in [-0.4, -0.2) is 58.8 Å². The number of rotatable bonds is 3. The molecule has 11 heteroatoms. The van der Waals surface area contributed by atoms with Gasteiger partial charge in [0.1, 0.15) is 5.82 Å². The molecule has 2 aromatic rings. The zero-order valence-corrected chi connectivity index (χ0v) is 17.4. The minimum atomic E-state index is -4.62. The predicted octanol–water partition coefficient (Wildman–Crippen LogP) is 3.14. The van der Waals surface area contributed by atoms with E-state index in [1.165, 1.54) is 0 Å². The molecule has 168 valence electrons. The molecule has 2 aliphatic heterocycles. The van der Waals surface area contributed by atoms with E-state index in [4.69, 9.17) is 10.5 Å². The summed E-state index contributed by atoms with van der Waals surface area (Å²) >= 11 is 0. The predicted molar refractivity (Wildman–Crippen MR) is 111 cm³/mol. The van der Waals surface area contributed by atoms with Crippen LogP contribution in [0.3, 0.4) is 0 Å². The van der Waals surface area contributed by atoms with Gasteiger partial charge in [0.05, 0.1) is 30.4 Å². The highest BCUT2D eigenvalue weighted by Gasteiger charge is 2.36. The van der Waals surface area contributed by atoms with Gasteiger partial charge in [-0.25, -0.2) is 4.98 Å². The maximum atomic E-state index is 13.7. The first-order valence-corrected chi connectivity index (χ1v) is 10.5. The summed E-state index contributed by atoms with van der Waals surface area (Å²) in [5.74, 6) is 0.484. The molecule has 4 heterocycles. The molecule has 0 aliphatic carbocycles. The maximum absolute atomic E-state index is 13.7. The van der Waals surface area contributed by atoms with Crippen molar-refractivity contribution in [2.24, 2.45) is 0 Å².